The maximum absolute atomic E-state index is 8.98. The van der Waals surface area contributed by atoms with Gasteiger partial charge in [0.15, 0.2) is 0 Å². The number of ether oxygens (including phenoxy) is 1. The number of hydrogen-bond acceptors (Lipinski definition) is 8. The van der Waals surface area contributed by atoms with Crippen molar-refractivity contribution in [2.75, 3.05) is 52.4 Å². The Morgan fingerprint density at radius 1 is 1.17 bits per heavy atom. The van der Waals surface area contributed by atoms with Crippen LogP contribution in [0.2, 0.25) is 0 Å². The topological polar surface area (TPSA) is 84.3 Å². The molecule has 0 bridgehead atoms. The molecule has 9 heteroatoms. The fraction of sp³-hybridized carbons (Fsp3) is 0.423. The minimum Gasteiger partial charge on any atom is -0.371 e. The minimum absolute atomic E-state index is 0.0248. The van der Waals surface area contributed by atoms with Gasteiger partial charge in [-0.2, -0.15) is 5.26 Å². The van der Waals surface area contributed by atoms with Crippen LogP contribution in [-0.4, -0.2) is 82.1 Å². The molecule has 35 heavy (non-hydrogen) atoms. The van der Waals surface area contributed by atoms with Gasteiger partial charge in [-0.15, -0.1) is 11.3 Å². The zero-order chi connectivity index (χ0) is 23.6. The van der Waals surface area contributed by atoms with Crippen molar-refractivity contribution in [3.63, 3.8) is 0 Å². The van der Waals surface area contributed by atoms with Crippen molar-refractivity contribution in [2.24, 2.45) is 0 Å². The molecular formula is C26H29N7OS. The number of nitrogens with one attached hydrogen (secondary N) is 1. The summed E-state index contributed by atoms with van der Waals surface area (Å²) in [5.74, 6) is 0. The van der Waals surface area contributed by atoms with Gasteiger partial charge in [0.2, 0.25) is 0 Å². The summed E-state index contributed by atoms with van der Waals surface area (Å²) >= 11 is 1.80. The fourth-order valence-electron chi connectivity index (χ4n) is 5.43. The average molecular weight is 488 g/mol. The molecule has 5 heterocycles. The molecule has 1 N–H and O–H groups in total. The third-order valence-corrected chi connectivity index (χ3v) is 8.28. The fourth-order valence-corrected chi connectivity index (χ4v) is 6.59. The molecule has 2 aliphatic rings. The maximum atomic E-state index is 8.98. The first-order valence-electron chi connectivity index (χ1n) is 12.2. The number of aromatic nitrogens is 3. The van der Waals surface area contributed by atoms with Crippen molar-refractivity contribution in [2.45, 2.75) is 18.7 Å². The molecule has 6 rings (SSSR count). The van der Waals surface area contributed by atoms with Crippen LogP contribution < -0.4 is 0 Å². The number of piperazine rings is 1. The van der Waals surface area contributed by atoms with Crippen LogP contribution in [-0.2, 0) is 4.74 Å². The summed E-state index contributed by atoms with van der Waals surface area (Å²) in [6.07, 6.45) is 6.34. The Labute approximate surface area is 208 Å². The van der Waals surface area contributed by atoms with E-state index in [1.165, 1.54) is 15.8 Å². The molecule has 2 unspecified atom stereocenters. The molecule has 180 valence electrons. The first-order chi connectivity index (χ1) is 17.3. The summed E-state index contributed by atoms with van der Waals surface area (Å²) in [7, 11) is 0. The van der Waals surface area contributed by atoms with Gasteiger partial charge in [-0.25, -0.2) is 9.97 Å². The van der Waals surface area contributed by atoms with E-state index >= 15 is 0 Å². The van der Waals surface area contributed by atoms with Gasteiger partial charge in [0.05, 0.1) is 35.2 Å². The predicted octanol–water partition coefficient (Wildman–Crippen LogP) is 3.78. The zero-order valence-corrected chi connectivity index (χ0v) is 20.5. The number of nitriles is 1. The molecule has 8 nitrogen and oxygen atoms in total. The quantitative estimate of drug-likeness (QED) is 0.443. The van der Waals surface area contributed by atoms with Crippen molar-refractivity contribution in [1.29, 1.82) is 5.26 Å². The molecule has 0 saturated carbocycles. The van der Waals surface area contributed by atoms with Gasteiger partial charge in [-0.3, -0.25) is 14.7 Å². The third kappa shape index (κ3) is 4.56. The lowest BCUT2D eigenvalue weighted by Gasteiger charge is -2.46. The van der Waals surface area contributed by atoms with E-state index in [0.29, 0.717) is 13.0 Å². The Kier molecular flexibility index (Phi) is 6.46. The molecule has 2 fully saturated rings. The molecule has 4 aromatic rings. The Bertz CT molecular complexity index is 1300. The molecule has 0 aliphatic carbocycles. The van der Waals surface area contributed by atoms with Crippen molar-refractivity contribution in [3.8, 4) is 6.07 Å². The third-order valence-electron chi connectivity index (χ3n) is 7.18. The number of thiophene rings is 1. The molecule has 2 saturated heterocycles. The Morgan fingerprint density at radius 2 is 2.09 bits per heavy atom. The molecule has 2 atom stereocenters. The smallest absolute Gasteiger partial charge is 0.116 e. The number of rotatable bonds is 6. The second-order valence-corrected chi connectivity index (χ2v) is 10.3. The van der Waals surface area contributed by atoms with E-state index in [4.69, 9.17) is 10.00 Å². The number of fused-ring (bicyclic) bond motifs is 2. The van der Waals surface area contributed by atoms with Crippen LogP contribution in [0, 0.1) is 11.3 Å². The number of morpholine rings is 1. The molecular weight excluding hydrogens is 458 g/mol. The van der Waals surface area contributed by atoms with Crippen molar-refractivity contribution in [1.82, 2.24) is 29.7 Å². The monoisotopic (exact) mass is 487 g/mol. The van der Waals surface area contributed by atoms with Gasteiger partial charge < -0.3 is 9.72 Å². The lowest BCUT2D eigenvalue weighted by molar-refractivity contribution is -0.0836. The van der Waals surface area contributed by atoms with Crippen LogP contribution in [0.4, 0.5) is 0 Å². The predicted molar refractivity (Wildman–Crippen MR) is 137 cm³/mol. The standard InChI is InChI=1S/C26H29N7OS/c27-6-2-8-31-9-11-32(12-10-31)26(24-15-22-25(35-24)16-28-18-30-22)33-13-14-34-23(17-33)20-3-1-4-21-19(20)5-7-29-21/h1,3-5,7,15-16,18,23,26,29H,2,8-14,17H2. The summed E-state index contributed by atoms with van der Waals surface area (Å²) in [6, 6.07) is 13.1. The van der Waals surface area contributed by atoms with Gasteiger partial charge in [0.1, 0.15) is 6.33 Å². The summed E-state index contributed by atoms with van der Waals surface area (Å²) < 4.78 is 7.46. The van der Waals surface area contributed by atoms with Crippen LogP contribution in [0.25, 0.3) is 21.1 Å². The Balaban J connectivity index is 1.29. The molecule has 0 amide bonds. The maximum Gasteiger partial charge on any atom is 0.116 e. The van der Waals surface area contributed by atoms with Crippen LogP contribution in [0.3, 0.4) is 0 Å². The summed E-state index contributed by atoms with van der Waals surface area (Å²) in [4.78, 5) is 21.0. The van der Waals surface area contributed by atoms with E-state index in [-0.39, 0.29) is 12.3 Å². The second-order valence-electron chi connectivity index (χ2n) is 9.22. The second kappa shape index (κ2) is 10.0. The molecule has 2 aliphatic heterocycles. The van der Waals surface area contributed by atoms with Crippen molar-refractivity contribution >= 4 is 32.5 Å². The largest absolute Gasteiger partial charge is 0.371 e. The summed E-state index contributed by atoms with van der Waals surface area (Å²) in [5, 5.41) is 10.2. The number of nitrogens with zero attached hydrogens (tertiary/aromatic N) is 6. The summed E-state index contributed by atoms with van der Waals surface area (Å²) in [5.41, 5.74) is 3.41. The minimum atomic E-state index is 0.0248. The van der Waals surface area contributed by atoms with Crippen molar-refractivity contribution < 1.29 is 4.74 Å². The first-order valence-corrected chi connectivity index (χ1v) is 13.1. The Morgan fingerprint density at radius 3 is 2.94 bits per heavy atom. The lowest BCUT2D eigenvalue weighted by Crippen LogP contribution is -2.53. The van der Waals surface area contributed by atoms with Gasteiger partial charge in [0, 0.05) is 80.4 Å². The van der Waals surface area contributed by atoms with Crippen molar-refractivity contribution in [3.05, 3.63) is 59.5 Å². The van der Waals surface area contributed by atoms with Crippen LogP contribution >= 0.6 is 11.3 Å². The van der Waals surface area contributed by atoms with Gasteiger partial charge >= 0.3 is 0 Å². The van der Waals surface area contributed by atoms with Crippen LogP contribution in [0.5, 0.6) is 0 Å². The number of hydrogen-bond donors (Lipinski definition) is 1. The molecule has 0 radical (unpaired) electrons. The first kappa shape index (κ1) is 22.6. The highest BCUT2D eigenvalue weighted by Gasteiger charge is 2.35. The molecule has 1 aromatic carbocycles. The number of benzene rings is 1. The SMILES string of the molecule is N#CCCN1CCN(C(c2cc3ncncc3s2)N2CCOC(c3cccc4[nH]ccc34)C2)CC1. The van der Waals surface area contributed by atoms with Crippen LogP contribution in [0.1, 0.15) is 29.1 Å². The van der Waals surface area contributed by atoms with Gasteiger partial charge in [-0.05, 0) is 23.8 Å². The average Bonchev–Trinajstić information content (AvgIpc) is 3.55. The number of aromatic amines is 1. The molecule has 3 aromatic heterocycles. The van der Waals surface area contributed by atoms with E-state index in [9.17, 15) is 0 Å². The van der Waals surface area contributed by atoms with Crippen LogP contribution in [0.15, 0.2) is 49.1 Å². The van der Waals surface area contributed by atoms with Gasteiger partial charge in [0.25, 0.3) is 0 Å². The molecule has 0 spiro atoms. The summed E-state index contributed by atoms with van der Waals surface area (Å²) in [6.45, 7) is 7.21. The van der Waals surface area contributed by atoms with E-state index in [2.05, 4.69) is 66.1 Å². The normalized spacial score (nSPS) is 21.4. The Hall–Kier alpha value is -2.87. The van der Waals surface area contributed by atoms with E-state index in [0.717, 1.165) is 61.5 Å². The zero-order valence-electron chi connectivity index (χ0n) is 19.6. The van der Waals surface area contributed by atoms with E-state index < -0.39 is 0 Å². The number of H-pyrrole nitrogens is 1. The highest BCUT2D eigenvalue weighted by Crippen LogP contribution is 2.38. The van der Waals surface area contributed by atoms with Gasteiger partial charge in [-0.1, -0.05) is 12.1 Å². The van der Waals surface area contributed by atoms with E-state index in [1.807, 2.05) is 12.4 Å². The van der Waals surface area contributed by atoms with E-state index in [1.54, 1.807) is 17.7 Å². The highest BCUT2D eigenvalue weighted by molar-refractivity contribution is 7.19. The highest BCUT2D eigenvalue weighted by atomic mass is 32.1. The lowest BCUT2D eigenvalue weighted by atomic mass is 10.0.